The first-order chi connectivity index (χ1) is 7.40. The molecular formula is C10H14N4S. The number of hydrogen-bond donors (Lipinski definition) is 2. The van der Waals surface area contributed by atoms with Crippen molar-refractivity contribution in [2.24, 2.45) is 0 Å². The van der Waals surface area contributed by atoms with Gasteiger partial charge in [-0.15, -0.1) is 11.3 Å². The van der Waals surface area contributed by atoms with Gasteiger partial charge in [-0.2, -0.15) is 0 Å². The molecule has 1 saturated heterocycles. The molecule has 0 radical (unpaired) electrons. The van der Waals surface area contributed by atoms with E-state index in [1.54, 1.807) is 11.3 Å². The summed E-state index contributed by atoms with van der Waals surface area (Å²) in [6.45, 7) is 2.18. The van der Waals surface area contributed by atoms with E-state index in [1.807, 2.05) is 7.05 Å². The fourth-order valence-corrected chi connectivity index (χ4v) is 3.08. The molecule has 0 aliphatic carbocycles. The predicted molar refractivity (Wildman–Crippen MR) is 62.8 cm³/mol. The molecule has 1 atom stereocenters. The zero-order valence-electron chi connectivity index (χ0n) is 8.66. The van der Waals surface area contributed by atoms with Crippen molar-refractivity contribution in [2.75, 3.05) is 25.5 Å². The fourth-order valence-electron chi connectivity index (χ4n) is 2.18. The maximum absolute atomic E-state index is 4.67. The summed E-state index contributed by atoms with van der Waals surface area (Å²) >= 11 is 1.77. The van der Waals surface area contributed by atoms with Crippen molar-refractivity contribution in [3.63, 3.8) is 0 Å². The Balaban J connectivity index is 2.12. The van der Waals surface area contributed by atoms with Crippen molar-refractivity contribution in [1.82, 2.24) is 14.7 Å². The second-order valence-corrected chi connectivity index (χ2v) is 4.73. The molecular weight excluding hydrogens is 208 g/mol. The molecule has 5 heteroatoms. The highest BCUT2D eigenvalue weighted by atomic mass is 32.1. The third-order valence-electron chi connectivity index (χ3n) is 2.95. The number of nitrogens with one attached hydrogen (secondary N) is 2. The van der Waals surface area contributed by atoms with Gasteiger partial charge < -0.3 is 10.6 Å². The van der Waals surface area contributed by atoms with Crippen LogP contribution >= 0.6 is 11.3 Å². The van der Waals surface area contributed by atoms with Crippen LogP contribution in [-0.4, -0.2) is 29.5 Å². The standard InChI is InChI=1S/C10H14N4S/c1-11-10-13-8(7-2-3-12-6-7)9-14(10)4-5-15-9/h4-5,7,12H,2-3,6H2,1H3,(H,11,13)/t7-/m0/s1. The summed E-state index contributed by atoms with van der Waals surface area (Å²) in [5.74, 6) is 1.54. The molecule has 15 heavy (non-hydrogen) atoms. The van der Waals surface area contributed by atoms with Crippen LogP contribution in [0.3, 0.4) is 0 Å². The summed E-state index contributed by atoms with van der Waals surface area (Å²) in [5, 5.41) is 8.64. The van der Waals surface area contributed by atoms with Crippen LogP contribution in [0, 0.1) is 0 Å². The van der Waals surface area contributed by atoms with Gasteiger partial charge in [-0.3, -0.25) is 4.40 Å². The molecule has 1 aliphatic heterocycles. The average molecular weight is 222 g/mol. The van der Waals surface area contributed by atoms with E-state index < -0.39 is 0 Å². The number of fused-ring (bicyclic) bond motifs is 1. The highest BCUT2D eigenvalue weighted by Crippen LogP contribution is 2.30. The number of imidazole rings is 1. The smallest absolute Gasteiger partial charge is 0.208 e. The molecule has 80 valence electrons. The molecule has 2 N–H and O–H groups in total. The Morgan fingerprint density at radius 1 is 1.67 bits per heavy atom. The lowest BCUT2D eigenvalue weighted by Gasteiger charge is -2.02. The van der Waals surface area contributed by atoms with Crippen LogP contribution in [0.5, 0.6) is 0 Å². The SMILES string of the molecule is CNc1nc([C@H]2CCNC2)c2sccn12. The largest absolute Gasteiger partial charge is 0.358 e. The Bertz CT molecular complexity index is 467. The maximum Gasteiger partial charge on any atom is 0.208 e. The molecule has 1 aliphatic rings. The van der Waals surface area contributed by atoms with Gasteiger partial charge in [-0.05, 0) is 13.0 Å². The molecule has 2 aromatic heterocycles. The van der Waals surface area contributed by atoms with Crippen LogP contribution in [0.1, 0.15) is 18.0 Å². The molecule has 0 saturated carbocycles. The van der Waals surface area contributed by atoms with Gasteiger partial charge in [-0.1, -0.05) is 0 Å². The highest BCUT2D eigenvalue weighted by Gasteiger charge is 2.23. The Morgan fingerprint density at radius 3 is 3.33 bits per heavy atom. The topological polar surface area (TPSA) is 41.4 Å². The second-order valence-electron chi connectivity index (χ2n) is 3.84. The first-order valence-corrected chi connectivity index (χ1v) is 6.12. The van der Waals surface area contributed by atoms with Crippen molar-refractivity contribution in [1.29, 1.82) is 0 Å². The summed E-state index contributed by atoms with van der Waals surface area (Å²) in [6.07, 6.45) is 3.28. The minimum atomic E-state index is 0.584. The van der Waals surface area contributed by atoms with Crippen molar-refractivity contribution < 1.29 is 0 Å². The number of anilines is 1. The molecule has 3 rings (SSSR count). The molecule has 4 nitrogen and oxygen atoms in total. The summed E-state index contributed by atoms with van der Waals surface area (Å²) in [6, 6.07) is 0. The fraction of sp³-hybridized carbons (Fsp3) is 0.500. The first kappa shape index (κ1) is 9.18. The van der Waals surface area contributed by atoms with Gasteiger partial charge in [0.15, 0.2) is 0 Å². The maximum atomic E-state index is 4.67. The van der Waals surface area contributed by atoms with Crippen molar-refractivity contribution in [3.8, 4) is 0 Å². The highest BCUT2D eigenvalue weighted by molar-refractivity contribution is 7.15. The van der Waals surface area contributed by atoms with E-state index in [4.69, 9.17) is 0 Å². The molecule has 2 aromatic rings. The van der Waals surface area contributed by atoms with Gasteiger partial charge in [0.1, 0.15) is 4.83 Å². The van der Waals surface area contributed by atoms with Crippen molar-refractivity contribution in [3.05, 3.63) is 17.3 Å². The molecule has 0 aromatic carbocycles. The Labute approximate surface area is 92.3 Å². The lowest BCUT2D eigenvalue weighted by atomic mass is 10.1. The van der Waals surface area contributed by atoms with E-state index in [9.17, 15) is 0 Å². The van der Waals surface area contributed by atoms with E-state index in [2.05, 4.69) is 31.6 Å². The van der Waals surface area contributed by atoms with Crippen LogP contribution in [0.25, 0.3) is 4.83 Å². The summed E-state index contributed by atoms with van der Waals surface area (Å²) in [4.78, 5) is 5.96. The summed E-state index contributed by atoms with van der Waals surface area (Å²) in [5.41, 5.74) is 1.25. The normalized spacial score (nSPS) is 21.3. The van der Waals surface area contributed by atoms with Gasteiger partial charge in [-0.25, -0.2) is 4.98 Å². The van der Waals surface area contributed by atoms with Gasteiger partial charge in [0, 0.05) is 31.1 Å². The van der Waals surface area contributed by atoms with E-state index >= 15 is 0 Å². The lowest BCUT2D eigenvalue weighted by Crippen LogP contribution is -2.08. The molecule has 0 amide bonds. The van der Waals surface area contributed by atoms with Crippen LogP contribution in [0.4, 0.5) is 5.95 Å². The number of aromatic nitrogens is 2. The van der Waals surface area contributed by atoms with Crippen molar-refractivity contribution in [2.45, 2.75) is 12.3 Å². The third kappa shape index (κ3) is 1.34. The quantitative estimate of drug-likeness (QED) is 0.809. The number of hydrogen-bond acceptors (Lipinski definition) is 4. The lowest BCUT2D eigenvalue weighted by molar-refractivity contribution is 0.748. The molecule has 0 bridgehead atoms. The van der Waals surface area contributed by atoms with Crippen molar-refractivity contribution >= 4 is 22.1 Å². The Morgan fingerprint density at radius 2 is 2.60 bits per heavy atom. The van der Waals surface area contributed by atoms with Gasteiger partial charge >= 0.3 is 0 Å². The van der Waals surface area contributed by atoms with Gasteiger partial charge in [0.25, 0.3) is 0 Å². The Hall–Kier alpha value is -1.07. The van der Waals surface area contributed by atoms with Crippen LogP contribution in [-0.2, 0) is 0 Å². The number of nitrogens with zero attached hydrogens (tertiary/aromatic N) is 2. The Kier molecular flexibility index (Phi) is 2.14. The predicted octanol–water partition coefficient (Wildman–Crippen LogP) is 1.51. The molecule has 1 fully saturated rings. The molecule has 3 heterocycles. The first-order valence-electron chi connectivity index (χ1n) is 5.24. The van der Waals surface area contributed by atoms with E-state index in [-0.39, 0.29) is 0 Å². The van der Waals surface area contributed by atoms with Gasteiger partial charge in [0.05, 0.1) is 5.69 Å². The summed E-state index contributed by atoms with van der Waals surface area (Å²) < 4.78 is 2.14. The van der Waals surface area contributed by atoms with Crippen LogP contribution in [0.15, 0.2) is 11.6 Å². The zero-order valence-corrected chi connectivity index (χ0v) is 9.47. The minimum Gasteiger partial charge on any atom is -0.358 e. The number of thiazole rings is 1. The van der Waals surface area contributed by atoms with Crippen LogP contribution < -0.4 is 10.6 Å². The number of rotatable bonds is 2. The minimum absolute atomic E-state index is 0.584. The van der Waals surface area contributed by atoms with E-state index in [0.717, 1.165) is 19.0 Å². The van der Waals surface area contributed by atoms with Gasteiger partial charge in [0.2, 0.25) is 5.95 Å². The summed E-state index contributed by atoms with van der Waals surface area (Å²) in [7, 11) is 1.92. The second kappa shape index (κ2) is 3.50. The average Bonchev–Trinajstić information content (AvgIpc) is 2.94. The van der Waals surface area contributed by atoms with E-state index in [0.29, 0.717) is 5.92 Å². The zero-order chi connectivity index (χ0) is 10.3. The molecule has 0 spiro atoms. The molecule has 0 unspecified atom stereocenters. The monoisotopic (exact) mass is 222 g/mol. The van der Waals surface area contributed by atoms with Crippen LogP contribution in [0.2, 0.25) is 0 Å². The third-order valence-corrected chi connectivity index (χ3v) is 3.84. The van der Waals surface area contributed by atoms with E-state index in [1.165, 1.54) is 16.9 Å².